The zero-order valence-corrected chi connectivity index (χ0v) is 21.1. The first-order chi connectivity index (χ1) is 16.6. The lowest BCUT2D eigenvalue weighted by atomic mass is 10.1. The van der Waals surface area contributed by atoms with Crippen LogP contribution in [-0.4, -0.2) is 38.2 Å². The van der Waals surface area contributed by atoms with Gasteiger partial charge >= 0.3 is 5.97 Å². The van der Waals surface area contributed by atoms with Gasteiger partial charge in [-0.05, 0) is 23.8 Å². The van der Waals surface area contributed by atoms with Crippen molar-refractivity contribution in [3.05, 3.63) is 28.5 Å². The average Bonchev–Trinajstić information content (AvgIpc) is 3.55. The number of esters is 1. The molecular formula is C25H29ClN4O3S. The van der Waals surface area contributed by atoms with Crippen LogP contribution in [0.1, 0.15) is 77.3 Å². The summed E-state index contributed by atoms with van der Waals surface area (Å²) in [5.74, 6) is 6.90. The van der Waals surface area contributed by atoms with Gasteiger partial charge in [0, 0.05) is 19.8 Å². The van der Waals surface area contributed by atoms with Crippen LogP contribution < -0.4 is 0 Å². The molecule has 1 aliphatic rings. The van der Waals surface area contributed by atoms with Crippen LogP contribution >= 0.6 is 22.9 Å². The maximum absolute atomic E-state index is 11.7. The van der Waals surface area contributed by atoms with E-state index in [9.17, 15) is 4.79 Å². The molecule has 3 aromatic heterocycles. The van der Waals surface area contributed by atoms with E-state index in [-0.39, 0.29) is 11.1 Å². The Balaban J connectivity index is 1.64. The second-order valence-electron chi connectivity index (χ2n) is 8.31. The van der Waals surface area contributed by atoms with Crippen molar-refractivity contribution in [3.63, 3.8) is 0 Å². The van der Waals surface area contributed by atoms with Gasteiger partial charge < -0.3 is 9.47 Å². The summed E-state index contributed by atoms with van der Waals surface area (Å²) in [7, 11) is 0. The highest BCUT2D eigenvalue weighted by Gasteiger charge is 2.36. The van der Waals surface area contributed by atoms with Crippen LogP contribution in [-0.2, 0) is 14.3 Å². The molecule has 180 valence electrons. The molecule has 0 amide bonds. The predicted molar refractivity (Wildman–Crippen MR) is 134 cm³/mol. The van der Waals surface area contributed by atoms with Gasteiger partial charge in [-0.15, -0.1) is 11.3 Å². The quantitative estimate of drug-likeness (QED) is 0.151. The third-order valence-electron chi connectivity index (χ3n) is 5.68. The lowest BCUT2D eigenvalue weighted by molar-refractivity contribution is -0.151. The SMILES string of the molecule is CCCCCCCCC#Cc1nc(Cl)c2nc(-c3cccs3)n(C3OCCC3OC(C)=O)c2n1. The lowest BCUT2D eigenvalue weighted by Crippen LogP contribution is -2.25. The Morgan fingerprint density at radius 1 is 1.26 bits per heavy atom. The molecule has 3 aromatic rings. The van der Waals surface area contributed by atoms with Crippen LogP contribution in [0.5, 0.6) is 0 Å². The Kier molecular flexibility index (Phi) is 8.54. The average molecular weight is 501 g/mol. The van der Waals surface area contributed by atoms with Gasteiger partial charge in [-0.3, -0.25) is 9.36 Å². The summed E-state index contributed by atoms with van der Waals surface area (Å²) in [5.41, 5.74) is 1.000. The zero-order valence-electron chi connectivity index (χ0n) is 19.6. The van der Waals surface area contributed by atoms with Crippen LogP contribution in [0.3, 0.4) is 0 Å². The molecule has 34 heavy (non-hydrogen) atoms. The molecule has 0 N–H and O–H groups in total. The fraction of sp³-hybridized carbons (Fsp3) is 0.520. The minimum absolute atomic E-state index is 0.243. The first-order valence-electron chi connectivity index (χ1n) is 11.9. The summed E-state index contributed by atoms with van der Waals surface area (Å²) in [5, 5.41) is 2.22. The summed E-state index contributed by atoms with van der Waals surface area (Å²) in [6.07, 6.45) is 7.72. The number of fused-ring (bicyclic) bond motifs is 1. The molecule has 0 saturated carbocycles. The van der Waals surface area contributed by atoms with E-state index in [1.165, 1.54) is 39.0 Å². The summed E-state index contributed by atoms with van der Waals surface area (Å²) in [4.78, 5) is 26.4. The van der Waals surface area contributed by atoms with E-state index in [0.29, 0.717) is 35.8 Å². The molecule has 4 rings (SSSR count). The number of imidazole rings is 1. The summed E-state index contributed by atoms with van der Waals surface area (Å²) >= 11 is 8.08. The number of hydrogen-bond donors (Lipinski definition) is 0. The molecule has 2 atom stereocenters. The van der Waals surface area contributed by atoms with Gasteiger partial charge in [-0.1, -0.05) is 62.6 Å². The van der Waals surface area contributed by atoms with Crippen LogP contribution in [0.2, 0.25) is 5.15 Å². The smallest absolute Gasteiger partial charge is 0.303 e. The standard InChI is InChI=1S/C25H29ClN4O3S/c1-3-4-5-6-7-8-9-10-13-20-27-22(26)21-24(28-20)30(23(29-21)19-12-11-16-34-19)25-18(14-15-32-25)33-17(2)31/h11-12,16,18,25H,3-9,14-15H2,1-2H3. The fourth-order valence-electron chi connectivity index (χ4n) is 4.08. The molecule has 0 aliphatic carbocycles. The number of aromatic nitrogens is 4. The maximum atomic E-state index is 11.7. The van der Waals surface area contributed by atoms with E-state index in [1.54, 1.807) is 11.3 Å². The minimum atomic E-state index is -0.555. The number of carbonyl (C=O) groups excluding carboxylic acids is 1. The van der Waals surface area contributed by atoms with Crippen molar-refractivity contribution < 1.29 is 14.3 Å². The van der Waals surface area contributed by atoms with Gasteiger partial charge in [-0.25, -0.2) is 15.0 Å². The van der Waals surface area contributed by atoms with Gasteiger partial charge in [0.2, 0.25) is 5.82 Å². The topological polar surface area (TPSA) is 79.1 Å². The second-order valence-corrected chi connectivity index (χ2v) is 9.62. The largest absolute Gasteiger partial charge is 0.458 e. The molecule has 0 aromatic carbocycles. The number of hydrogen-bond acceptors (Lipinski definition) is 7. The van der Waals surface area contributed by atoms with Crippen LogP contribution in [0.15, 0.2) is 17.5 Å². The Morgan fingerprint density at radius 2 is 2.09 bits per heavy atom. The third kappa shape index (κ3) is 5.77. The first-order valence-corrected chi connectivity index (χ1v) is 13.1. The van der Waals surface area contributed by atoms with E-state index in [4.69, 9.17) is 31.0 Å². The highest BCUT2D eigenvalue weighted by Crippen LogP contribution is 2.37. The van der Waals surface area contributed by atoms with Gasteiger partial charge in [0.15, 0.2) is 22.9 Å². The zero-order chi connectivity index (χ0) is 23.9. The van der Waals surface area contributed by atoms with Crippen LogP contribution in [0.4, 0.5) is 0 Å². The molecule has 1 aliphatic heterocycles. The number of halogens is 1. The van der Waals surface area contributed by atoms with E-state index in [0.717, 1.165) is 17.7 Å². The Morgan fingerprint density at radius 3 is 2.85 bits per heavy atom. The fourth-order valence-corrected chi connectivity index (χ4v) is 5.00. The molecule has 0 spiro atoms. The van der Waals surface area contributed by atoms with Gasteiger partial charge in [-0.2, -0.15) is 0 Å². The van der Waals surface area contributed by atoms with Crippen molar-refractivity contribution >= 4 is 40.1 Å². The Hall–Kier alpha value is -2.47. The Bertz CT molecular complexity index is 1180. The molecule has 4 heterocycles. The highest BCUT2D eigenvalue weighted by molar-refractivity contribution is 7.13. The second kappa shape index (κ2) is 11.8. The predicted octanol–water partition coefficient (Wildman–Crippen LogP) is 6.16. The Labute approximate surface area is 208 Å². The summed E-state index contributed by atoms with van der Waals surface area (Å²) in [6, 6.07) is 3.93. The van der Waals surface area contributed by atoms with Crippen molar-refractivity contribution in [3.8, 4) is 22.5 Å². The summed E-state index contributed by atoms with van der Waals surface area (Å²) < 4.78 is 13.4. The van der Waals surface area contributed by atoms with Crippen molar-refractivity contribution in [2.45, 2.75) is 77.5 Å². The molecule has 1 fully saturated rings. The number of nitrogens with zero attached hydrogens (tertiary/aromatic N) is 4. The number of thiophene rings is 1. The molecule has 0 radical (unpaired) electrons. The molecule has 9 heteroatoms. The van der Waals surface area contributed by atoms with Crippen molar-refractivity contribution in [1.82, 2.24) is 19.5 Å². The highest BCUT2D eigenvalue weighted by atomic mass is 35.5. The molecular weight excluding hydrogens is 472 g/mol. The number of rotatable bonds is 9. The lowest BCUT2D eigenvalue weighted by Gasteiger charge is -2.21. The van der Waals surface area contributed by atoms with Crippen LogP contribution in [0, 0.1) is 11.8 Å². The normalized spacial score (nSPS) is 17.6. The summed E-state index contributed by atoms with van der Waals surface area (Å²) in [6.45, 7) is 4.09. The van der Waals surface area contributed by atoms with E-state index in [1.807, 2.05) is 22.1 Å². The number of unbranched alkanes of at least 4 members (excludes halogenated alkanes) is 6. The monoisotopic (exact) mass is 500 g/mol. The van der Waals surface area contributed by atoms with E-state index < -0.39 is 12.3 Å². The molecule has 2 unspecified atom stereocenters. The minimum Gasteiger partial charge on any atom is -0.458 e. The van der Waals surface area contributed by atoms with Gasteiger partial charge in [0.05, 0.1) is 11.5 Å². The van der Waals surface area contributed by atoms with Crippen molar-refractivity contribution in [1.29, 1.82) is 0 Å². The van der Waals surface area contributed by atoms with E-state index in [2.05, 4.69) is 23.7 Å². The molecule has 0 bridgehead atoms. The van der Waals surface area contributed by atoms with E-state index >= 15 is 0 Å². The first kappa shape index (κ1) is 24.6. The van der Waals surface area contributed by atoms with Gasteiger partial charge in [0.25, 0.3) is 0 Å². The van der Waals surface area contributed by atoms with Gasteiger partial charge in [0.1, 0.15) is 11.6 Å². The maximum Gasteiger partial charge on any atom is 0.303 e. The molecule has 1 saturated heterocycles. The number of ether oxygens (including phenoxy) is 2. The van der Waals surface area contributed by atoms with Crippen LogP contribution in [0.25, 0.3) is 21.9 Å². The van der Waals surface area contributed by atoms with Crippen molar-refractivity contribution in [2.24, 2.45) is 0 Å². The molecule has 7 nitrogen and oxygen atoms in total. The number of carbonyl (C=O) groups is 1. The van der Waals surface area contributed by atoms with Crippen molar-refractivity contribution in [2.75, 3.05) is 6.61 Å². The third-order valence-corrected chi connectivity index (χ3v) is 6.80.